The number of nitrogens with one attached hydrogen (secondary N) is 1. The number of halogens is 2. The van der Waals surface area contributed by atoms with Crippen LogP contribution in [0.25, 0.3) is 16.8 Å². The van der Waals surface area contributed by atoms with Crippen LogP contribution in [0.3, 0.4) is 0 Å². The van der Waals surface area contributed by atoms with E-state index in [0.717, 1.165) is 31.2 Å². The Hall–Kier alpha value is -2.74. The van der Waals surface area contributed by atoms with Crippen LogP contribution >= 0.6 is 0 Å². The van der Waals surface area contributed by atoms with Crippen molar-refractivity contribution in [3.63, 3.8) is 0 Å². The van der Waals surface area contributed by atoms with Gasteiger partial charge in [0.2, 0.25) is 5.95 Å². The number of ether oxygens (including phenoxy) is 1. The fourth-order valence-electron chi connectivity index (χ4n) is 3.71. The highest BCUT2D eigenvalue weighted by Gasteiger charge is 2.25. The van der Waals surface area contributed by atoms with E-state index in [1.54, 1.807) is 12.1 Å². The van der Waals surface area contributed by atoms with Crippen LogP contribution in [0, 0.1) is 6.92 Å². The van der Waals surface area contributed by atoms with E-state index >= 15 is 0 Å². The number of aryl methyl sites for hydroxylation is 1. The van der Waals surface area contributed by atoms with Gasteiger partial charge in [0.15, 0.2) is 0 Å². The minimum absolute atomic E-state index is 0.0656. The highest BCUT2D eigenvalue weighted by Crippen LogP contribution is 2.34. The summed E-state index contributed by atoms with van der Waals surface area (Å²) < 4.78 is 32.3. The zero-order valence-corrected chi connectivity index (χ0v) is 15.5. The first kappa shape index (κ1) is 18.6. The monoisotopic (exact) mass is 388 g/mol. The molecular weight excluding hydrogens is 366 g/mol. The number of hydrogen-bond donors (Lipinski definition) is 2. The molecule has 2 heterocycles. The minimum Gasteiger partial charge on any atom is -0.434 e. The van der Waals surface area contributed by atoms with E-state index in [1.807, 2.05) is 35.7 Å². The molecule has 1 saturated carbocycles. The number of nitrogens with zero attached hydrogens (tertiary/aromatic N) is 3. The molecule has 2 aromatic heterocycles. The van der Waals surface area contributed by atoms with Crippen LogP contribution in [0.5, 0.6) is 5.75 Å². The van der Waals surface area contributed by atoms with Gasteiger partial charge >= 0.3 is 6.61 Å². The average molecular weight is 388 g/mol. The van der Waals surface area contributed by atoms with Crippen LogP contribution in [-0.2, 0) is 0 Å². The number of aliphatic hydroxyl groups excluding tert-OH is 1. The standard InChI is InChI=1S/C20H22F2N4O2/c1-12-8-9-13(17(11-12)28-19(21)22)18-15-6-4-10-26(15)20(25-24-18)23-14-5-2-3-7-16(14)27/h4,6,8-11,14,16,19,27H,2-3,5,7H2,1H3,(H,23,25)/t14-,16-/m0/s1. The minimum atomic E-state index is -2.93. The normalized spacial score (nSPS) is 19.9. The molecule has 0 spiro atoms. The maximum atomic E-state index is 12.9. The van der Waals surface area contributed by atoms with Gasteiger partial charge in [-0.15, -0.1) is 10.2 Å². The lowest BCUT2D eigenvalue weighted by Crippen LogP contribution is -2.37. The summed E-state index contributed by atoms with van der Waals surface area (Å²) in [4.78, 5) is 0. The highest BCUT2D eigenvalue weighted by atomic mass is 19.3. The Bertz CT molecular complexity index is 976. The summed E-state index contributed by atoms with van der Waals surface area (Å²) in [6.45, 7) is -1.12. The van der Waals surface area contributed by atoms with Gasteiger partial charge in [-0.1, -0.05) is 18.9 Å². The van der Waals surface area contributed by atoms with Crippen molar-refractivity contribution >= 4 is 11.5 Å². The third kappa shape index (κ3) is 3.64. The Morgan fingerprint density at radius 1 is 1.21 bits per heavy atom. The van der Waals surface area contributed by atoms with Crippen molar-refractivity contribution < 1.29 is 18.6 Å². The highest BCUT2D eigenvalue weighted by molar-refractivity contribution is 5.81. The second kappa shape index (κ2) is 7.71. The summed E-state index contributed by atoms with van der Waals surface area (Å²) in [5.41, 5.74) is 2.43. The summed E-state index contributed by atoms with van der Waals surface area (Å²) in [5.74, 6) is 0.578. The number of benzene rings is 1. The van der Waals surface area contributed by atoms with E-state index in [4.69, 9.17) is 4.74 Å². The lowest BCUT2D eigenvalue weighted by Gasteiger charge is -2.28. The Morgan fingerprint density at radius 3 is 2.82 bits per heavy atom. The number of anilines is 1. The van der Waals surface area contributed by atoms with E-state index in [2.05, 4.69) is 15.5 Å². The first-order valence-corrected chi connectivity index (χ1v) is 9.37. The van der Waals surface area contributed by atoms with Gasteiger partial charge in [0.1, 0.15) is 11.4 Å². The molecule has 8 heteroatoms. The Balaban J connectivity index is 1.74. The molecule has 2 N–H and O–H groups in total. The summed E-state index contributed by atoms with van der Waals surface area (Å²) in [6, 6.07) is 8.69. The summed E-state index contributed by atoms with van der Waals surface area (Å²) in [7, 11) is 0. The molecule has 0 bridgehead atoms. The predicted octanol–water partition coefficient (Wildman–Crippen LogP) is 4.02. The lowest BCUT2D eigenvalue weighted by molar-refractivity contribution is -0.0494. The molecule has 6 nitrogen and oxygen atoms in total. The van der Waals surface area contributed by atoms with Crippen LogP contribution in [0.15, 0.2) is 36.5 Å². The zero-order valence-electron chi connectivity index (χ0n) is 15.5. The van der Waals surface area contributed by atoms with E-state index in [-0.39, 0.29) is 11.8 Å². The number of aliphatic hydroxyl groups is 1. The predicted molar refractivity (Wildman–Crippen MR) is 102 cm³/mol. The summed E-state index contributed by atoms with van der Waals surface area (Å²) in [6.07, 6.45) is 5.08. The largest absolute Gasteiger partial charge is 0.434 e. The van der Waals surface area contributed by atoms with Crippen LogP contribution in [0.1, 0.15) is 31.2 Å². The van der Waals surface area contributed by atoms with E-state index in [9.17, 15) is 13.9 Å². The molecule has 0 aliphatic heterocycles. The molecule has 0 amide bonds. The molecule has 0 unspecified atom stereocenters. The third-order valence-electron chi connectivity index (χ3n) is 5.12. The van der Waals surface area contributed by atoms with E-state index in [1.165, 1.54) is 0 Å². The Kier molecular flexibility index (Phi) is 5.13. The second-order valence-corrected chi connectivity index (χ2v) is 7.12. The van der Waals surface area contributed by atoms with Crippen LogP contribution in [0.4, 0.5) is 14.7 Å². The van der Waals surface area contributed by atoms with Gasteiger partial charge in [-0.25, -0.2) is 0 Å². The first-order valence-electron chi connectivity index (χ1n) is 9.37. The molecule has 1 aliphatic rings. The van der Waals surface area contributed by atoms with Crippen LogP contribution < -0.4 is 10.1 Å². The van der Waals surface area contributed by atoms with Crippen molar-refractivity contribution in [1.82, 2.24) is 14.6 Å². The van der Waals surface area contributed by atoms with Crippen molar-refractivity contribution in [1.29, 1.82) is 0 Å². The van der Waals surface area contributed by atoms with E-state index in [0.29, 0.717) is 22.7 Å². The fraction of sp³-hybridized carbons (Fsp3) is 0.400. The van der Waals surface area contributed by atoms with Gasteiger partial charge in [0.05, 0.1) is 17.7 Å². The van der Waals surface area contributed by atoms with Crippen LogP contribution in [-0.4, -0.2) is 38.5 Å². The molecule has 0 saturated heterocycles. The molecule has 0 radical (unpaired) electrons. The molecule has 4 rings (SSSR count). The summed E-state index contributed by atoms with van der Waals surface area (Å²) >= 11 is 0. The maximum Gasteiger partial charge on any atom is 0.387 e. The molecule has 1 aromatic carbocycles. The number of aromatic nitrogens is 3. The smallest absolute Gasteiger partial charge is 0.387 e. The van der Waals surface area contributed by atoms with Crippen molar-refractivity contribution in [3.05, 3.63) is 42.1 Å². The van der Waals surface area contributed by atoms with Gasteiger partial charge in [-0.2, -0.15) is 8.78 Å². The third-order valence-corrected chi connectivity index (χ3v) is 5.12. The van der Waals surface area contributed by atoms with Gasteiger partial charge in [0.25, 0.3) is 0 Å². The van der Waals surface area contributed by atoms with Gasteiger partial charge in [0, 0.05) is 11.8 Å². The number of rotatable bonds is 5. The lowest BCUT2D eigenvalue weighted by atomic mass is 9.93. The SMILES string of the molecule is Cc1ccc(-c2nnc(N[C@H]3CCCC[C@@H]3O)n3cccc23)c(OC(F)F)c1. The molecule has 1 fully saturated rings. The van der Waals surface area contributed by atoms with Crippen molar-refractivity contribution in [2.24, 2.45) is 0 Å². The average Bonchev–Trinajstić information content (AvgIpc) is 3.14. The second-order valence-electron chi connectivity index (χ2n) is 7.12. The molecule has 1 aliphatic carbocycles. The number of fused-ring (bicyclic) bond motifs is 1. The van der Waals surface area contributed by atoms with Crippen molar-refractivity contribution in [3.8, 4) is 17.0 Å². The topological polar surface area (TPSA) is 71.7 Å². The molecule has 28 heavy (non-hydrogen) atoms. The van der Waals surface area contributed by atoms with E-state index < -0.39 is 12.7 Å². The first-order chi connectivity index (χ1) is 13.5. The summed E-state index contributed by atoms with van der Waals surface area (Å²) in [5, 5.41) is 22.1. The zero-order chi connectivity index (χ0) is 19.7. The fourth-order valence-corrected chi connectivity index (χ4v) is 3.71. The Morgan fingerprint density at radius 2 is 2.04 bits per heavy atom. The van der Waals surface area contributed by atoms with Gasteiger partial charge < -0.3 is 15.2 Å². The Labute approximate surface area is 161 Å². The maximum absolute atomic E-state index is 12.9. The van der Waals surface area contributed by atoms with Gasteiger partial charge in [-0.3, -0.25) is 4.40 Å². The number of alkyl halides is 2. The van der Waals surface area contributed by atoms with Crippen molar-refractivity contribution in [2.45, 2.75) is 51.4 Å². The molecular formula is C20H22F2N4O2. The van der Waals surface area contributed by atoms with Gasteiger partial charge in [-0.05, 0) is 49.6 Å². The molecule has 3 aromatic rings. The van der Waals surface area contributed by atoms with Crippen molar-refractivity contribution in [2.75, 3.05) is 5.32 Å². The molecule has 148 valence electrons. The van der Waals surface area contributed by atoms with Crippen LogP contribution in [0.2, 0.25) is 0 Å². The number of hydrogen-bond acceptors (Lipinski definition) is 5. The molecule has 2 atom stereocenters. The quantitative estimate of drug-likeness (QED) is 0.691.